The van der Waals surface area contributed by atoms with Gasteiger partial charge < -0.3 is 4.90 Å². The number of likely N-dealkylation sites (N-methyl/N-ethyl adjacent to an activating group) is 2. The Hall–Kier alpha value is -1.13. The van der Waals surface area contributed by atoms with Gasteiger partial charge in [-0.1, -0.05) is 6.92 Å². The fraction of sp³-hybridized carbons (Fsp3) is 0.857. The maximum atomic E-state index is 12.4. The first-order valence-electron chi connectivity index (χ1n) is 7.44. The van der Waals surface area contributed by atoms with Crippen LogP contribution in [-0.4, -0.2) is 67.9 Å². The lowest BCUT2D eigenvalue weighted by Gasteiger charge is -2.30. The molecule has 1 amide bonds. The van der Waals surface area contributed by atoms with Gasteiger partial charge in [0, 0.05) is 19.1 Å². The van der Waals surface area contributed by atoms with E-state index in [-0.39, 0.29) is 35.9 Å². The number of nitrogens with zero attached hydrogens (tertiary/aromatic N) is 3. The first kappa shape index (κ1) is 17.9. The van der Waals surface area contributed by atoms with E-state index < -0.39 is 9.84 Å². The van der Waals surface area contributed by atoms with E-state index in [1.54, 1.807) is 4.90 Å². The minimum absolute atomic E-state index is 0.0495. The van der Waals surface area contributed by atoms with E-state index in [1.807, 2.05) is 25.7 Å². The number of carbonyl (C=O) groups is 1. The van der Waals surface area contributed by atoms with Crippen molar-refractivity contribution in [3.05, 3.63) is 0 Å². The van der Waals surface area contributed by atoms with Gasteiger partial charge in [0.1, 0.15) is 0 Å². The third kappa shape index (κ3) is 5.29. The summed E-state index contributed by atoms with van der Waals surface area (Å²) < 4.78 is 23.1. The Morgan fingerprint density at radius 1 is 1.38 bits per heavy atom. The number of carbonyl (C=O) groups excluding carboxylic acids is 1. The largest absolute Gasteiger partial charge is 0.338 e. The second-order valence-electron chi connectivity index (χ2n) is 5.59. The number of rotatable bonds is 7. The zero-order valence-electron chi connectivity index (χ0n) is 13.1. The van der Waals surface area contributed by atoms with Gasteiger partial charge in [-0.15, -0.1) is 0 Å². The van der Waals surface area contributed by atoms with Crippen molar-refractivity contribution in [3.63, 3.8) is 0 Å². The van der Waals surface area contributed by atoms with Crippen molar-refractivity contribution in [1.29, 1.82) is 5.26 Å². The molecule has 0 spiro atoms. The van der Waals surface area contributed by atoms with Gasteiger partial charge in [0.2, 0.25) is 5.91 Å². The van der Waals surface area contributed by atoms with E-state index in [0.717, 1.165) is 0 Å². The van der Waals surface area contributed by atoms with Crippen LogP contribution >= 0.6 is 0 Å². The van der Waals surface area contributed by atoms with Crippen LogP contribution in [0.3, 0.4) is 0 Å². The monoisotopic (exact) mass is 315 g/mol. The van der Waals surface area contributed by atoms with Gasteiger partial charge in [-0.25, -0.2) is 8.42 Å². The Morgan fingerprint density at radius 3 is 2.48 bits per heavy atom. The molecule has 0 aromatic carbocycles. The normalized spacial score (nSPS) is 22.0. The van der Waals surface area contributed by atoms with Crippen LogP contribution in [0.4, 0.5) is 0 Å². The summed E-state index contributed by atoms with van der Waals surface area (Å²) in [4.78, 5) is 16.0. The highest BCUT2D eigenvalue weighted by Gasteiger charge is 2.34. The van der Waals surface area contributed by atoms with Gasteiger partial charge in [-0.05, 0) is 26.8 Å². The molecule has 0 aromatic heterocycles. The average molecular weight is 315 g/mol. The van der Waals surface area contributed by atoms with Gasteiger partial charge in [-0.3, -0.25) is 9.69 Å². The van der Waals surface area contributed by atoms with Crippen molar-refractivity contribution in [2.75, 3.05) is 37.7 Å². The maximum Gasteiger partial charge on any atom is 0.237 e. The summed E-state index contributed by atoms with van der Waals surface area (Å²) in [7, 11) is -2.99. The van der Waals surface area contributed by atoms with Crippen molar-refractivity contribution in [2.45, 2.75) is 33.2 Å². The molecule has 7 heteroatoms. The average Bonchev–Trinajstić information content (AvgIpc) is 2.78. The smallest absolute Gasteiger partial charge is 0.237 e. The van der Waals surface area contributed by atoms with E-state index in [9.17, 15) is 13.2 Å². The molecule has 0 saturated carbocycles. The maximum absolute atomic E-state index is 12.4. The van der Waals surface area contributed by atoms with Crippen molar-refractivity contribution in [3.8, 4) is 6.07 Å². The van der Waals surface area contributed by atoms with Crippen molar-refractivity contribution in [2.24, 2.45) is 5.92 Å². The van der Waals surface area contributed by atoms with E-state index in [4.69, 9.17) is 5.26 Å². The van der Waals surface area contributed by atoms with Crippen molar-refractivity contribution in [1.82, 2.24) is 9.80 Å². The molecule has 0 bridgehead atoms. The molecule has 0 radical (unpaired) electrons. The standard InChI is InChI=1S/C14H25N3O3S/c1-4-16(9-12(3)8-15)10-14(18)17(5-2)13-6-7-21(19,20)11-13/h12-13H,4-7,9-11H2,1-3H3. The van der Waals surface area contributed by atoms with Crippen LogP contribution in [0.2, 0.25) is 0 Å². The first-order chi connectivity index (χ1) is 9.82. The minimum atomic E-state index is -2.99. The molecule has 1 aliphatic rings. The molecule has 1 rings (SSSR count). The molecule has 2 atom stereocenters. The molecule has 0 N–H and O–H groups in total. The molecule has 0 aromatic rings. The highest BCUT2D eigenvalue weighted by atomic mass is 32.2. The molecule has 6 nitrogen and oxygen atoms in total. The third-order valence-corrected chi connectivity index (χ3v) is 5.62. The molecule has 2 unspecified atom stereocenters. The zero-order valence-corrected chi connectivity index (χ0v) is 13.9. The number of hydrogen-bond donors (Lipinski definition) is 0. The second-order valence-corrected chi connectivity index (χ2v) is 7.82. The third-order valence-electron chi connectivity index (χ3n) is 3.87. The lowest BCUT2D eigenvalue weighted by molar-refractivity contribution is -0.134. The van der Waals surface area contributed by atoms with Gasteiger partial charge >= 0.3 is 0 Å². The summed E-state index contributed by atoms with van der Waals surface area (Å²) in [5.74, 6) is 0.0730. The van der Waals surface area contributed by atoms with Crippen LogP contribution in [0.15, 0.2) is 0 Å². The van der Waals surface area contributed by atoms with Crippen molar-refractivity contribution >= 4 is 15.7 Å². The number of sulfone groups is 1. The summed E-state index contributed by atoms with van der Waals surface area (Å²) in [6.07, 6.45) is 0.530. The van der Waals surface area contributed by atoms with Gasteiger partial charge in [0.15, 0.2) is 9.84 Å². The van der Waals surface area contributed by atoms with Crippen LogP contribution in [0.1, 0.15) is 27.2 Å². The topological polar surface area (TPSA) is 81.5 Å². The molecule has 120 valence electrons. The Balaban J connectivity index is 2.65. The van der Waals surface area contributed by atoms with Crippen LogP contribution in [0, 0.1) is 17.2 Å². The number of hydrogen-bond acceptors (Lipinski definition) is 5. The van der Waals surface area contributed by atoms with Gasteiger partial charge in [-0.2, -0.15) is 5.26 Å². The summed E-state index contributed by atoms with van der Waals surface area (Å²) in [5.41, 5.74) is 0. The summed E-state index contributed by atoms with van der Waals surface area (Å²) in [6.45, 7) is 7.66. The molecule has 1 saturated heterocycles. The molecular weight excluding hydrogens is 290 g/mol. The van der Waals surface area contributed by atoms with Crippen LogP contribution in [0.5, 0.6) is 0 Å². The van der Waals surface area contributed by atoms with Gasteiger partial charge in [0.25, 0.3) is 0 Å². The summed E-state index contributed by atoms with van der Waals surface area (Å²) in [5, 5.41) is 8.86. The molecule has 1 heterocycles. The minimum Gasteiger partial charge on any atom is -0.338 e. The Morgan fingerprint density at radius 2 is 2.05 bits per heavy atom. The molecular formula is C14H25N3O3S. The molecule has 0 aliphatic carbocycles. The Labute approximate surface area is 127 Å². The predicted molar refractivity (Wildman–Crippen MR) is 81.3 cm³/mol. The molecule has 1 aliphatic heterocycles. The molecule has 21 heavy (non-hydrogen) atoms. The Kier molecular flexibility index (Phi) is 6.62. The first-order valence-corrected chi connectivity index (χ1v) is 9.27. The number of nitriles is 1. The summed E-state index contributed by atoms with van der Waals surface area (Å²) in [6, 6.07) is 1.97. The lowest BCUT2D eigenvalue weighted by Crippen LogP contribution is -2.46. The zero-order chi connectivity index (χ0) is 16.0. The highest BCUT2D eigenvalue weighted by Crippen LogP contribution is 2.18. The fourth-order valence-electron chi connectivity index (χ4n) is 2.68. The van der Waals surface area contributed by atoms with Crippen LogP contribution in [-0.2, 0) is 14.6 Å². The highest BCUT2D eigenvalue weighted by molar-refractivity contribution is 7.91. The quantitative estimate of drug-likeness (QED) is 0.683. The van der Waals surface area contributed by atoms with Crippen molar-refractivity contribution < 1.29 is 13.2 Å². The SMILES string of the molecule is CCN(CC(=O)N(CC)C1CCS(=O)(=O)C1)CC(C)C#N. The fourth-order valence-corrected chi connectivity index (χ4v) is 4.41. The number of amides is 1. The lowest BCUT2D eigenvalue weighted by atomic mass is 10.2. The van der Waals surface area contributed by atoms with E-state index >= 15 is 0 Å². The van der Waals surface area contributed by atoms with Crippen LogP contribution < -0.4 is 0 Å². The van der Waals surface area contributed by atoms with E-state index in [1.165, 1.54) is 0 Å². The van der Waals surface area contributed by atoms with Gasteiger partial charge in [0.05, 0.1) is 30.0 Å². The molecule has 1 fully saturated rings. The second kappa shape index (κ2) is 7.76. The van der Waals surface area contributed by atoms with E-state index in [0.29, 0.717) is 26.1 Å². The van der Waals surface area contributed by atoms with E-state index in [2.05, 4.69) is 6.07 Å². The summed E-state index contributed by atoms with van der Waals surface area (Å²) >= 11 is 0. The van der Waals surface area contributed by atoms with Crippen LogP contribution in [0.25, 0.3) is 0 Å². The predicted octanol–water partition coefficient (Wildman–Crippen LogP) is 0.504. The Bertz CT molecular complexity index is 498.